The normalized spacial score (nSPS) is 21.3. The van der Waals surface area contributed by atoms with E-state index >= 15 is 0 Å². The van der Waals surface area contributed by atoms with Crippen LogP contribution in [0.15, 0.2) is 30.5 Å². The fourth-order valence-electron chi connectivity index (χ4n) is 4.40. The predicted octanol–water partition coefficient (Wildman–Crippen LogP) is 4.43. The van der Waals surface area contributed by atoms with Crippen molar-refractivity contribution >= 4 is 34.0 Å². The SMILES string of the molecule is C[C@@H]1CCCN(C2CCN(c3ncc(C(=O)NCc4ccccc4Cl)s3)CC2)C1. The van der Waals surface area contributed by atoms with Crippen molar-refractivity contribution in [2.24, 2.45) is 5.92 Å². The number of likely N-dealkylation sites (tertiary alicyclic amines) is 1. The van der Waals surface area contributed by atoms with E-state index in [1.807, 2.05) is 24.3 Å². The lowest BCUT2D eigenvalue weighted by Gasteiger charge is -2.41. The number of benzene rings is 1. The van der Waals surface area contributed by atoms with Gasteiger partial charge in [0.25, 0.3) is 5.91 Å². The topological polar surface area (TPSA) is 48.5 Å². The van der Waals surface area contributed by atoms with Gasteiger partial charge in [0.2, 0.25) is 0 Å². The summed E-state index contributed by atoms with van der Waals surface area (Å²) in [7, 11) is 0. The second kappa shape index (κ2) is 9.45. The first kappa shape index (κ1) is 20.6. The number of anilines is 1. The van der Waals surface area contributed by atoms with Crippen LogP contribution < -0.4 is 10.2 Å². The van der Waals surface area contributed by atoms with Crippen molar-refractivity contribution < 1.29 is 4.79 Å². The van der Waals surface area contributed by atoms with Crippen LogP contribution in [0.1, 0.15) is 47.8 Å². The number of nitrogens with zero attached hydrogens (tertiary/aromatic N) is 3. The molecule has 0 spiro atoms. The number of carbonyl (C=O) groups excluding carboxylic acids is 1. The molecule has 0 radical (unpaired) electrons. The lowest BCUT2D eigenvalue weighted by atomic mass is 9.95. The number of aromatic nitrogens is 1. The average Bonchev–Trinajstić information content (AvgIpc) is 3.23. The number of halogens is 1. The molecule has 2 saturated heterocycles. The summed E-state index contributed by atoms with van der Waals surface area (Å²) in [6.07, 6.45) is 6.76. The Labute approximate surface area is 182 Å². The monoisotopic (exact) mass is 432 g/mol. The first-order valence-electron chi connectivity index (χ1n) is 10.6. The Bertz CT molecular complexity index is 834. The summed E-state index contributed by atoms with van der Waals surface area (Å²) in [5.41, 5.74) is 0.918. The van der Waals surface area contributed by atoms with Gasteiger partial charge < -0.3 is 10.2 Å². The summed E-state index contributed by atoms with van der Waals surface area (Å²) in [6, 6.07) is 8.27. The number of amides is 1. The fraction of sp³-hybridized carbons (Fsp3) is 0.545. The molecule has 29 heavy (non-hydrogen) atoms. The van der Waals surface area contributed by atoms with Crippen LogP contribution in [0, 0.1) is 5.92 Å². The van der Waals surface area contributed by atoms with E-state index in [-0.39, 0.29) is 5.91 Å². The van der Waals surface area contributed by atoms with Gasteiger partial charge in [-0.3, -0.25) is 9.69 Å². The summed E-state index contributed by atoms with van der Waals surface area (Å²) in [5.74, 6) is 0.735. The number of carbonyl (C=O) groups is 1. The van der Waals surface area contributed by atoms with Crippen molar-refractivity contribution in [1.29, 1.82) is 0 Å². The number of nitrogens with one attached hydrogen (secondary N) is 1. The minimum Gasteiger partial charge on any atom is -0.348 e. The molecule has 0 saturated carbocycles. The van der Waals surface area contributed by atoms with Gasteiger partial charge >= 0.3 is 0 Å². The molecule has 2 aromatic rings. The first-order valence-corrected chi connectivity index (χ1v) is 11.8. The Morgan fingerprint density at radius 3 is 2.79 bits per heavy atom. The third kappa shape index (κ3) is 5.11. The van der Waals surface area contributed by atoms with Crippen molar-refractivity contribution in [3.05, 3.63) is 45.9 Å². The summed E-state index contributed by atoms with van der Waals surface area (Å²) in [5, 5.41) is 4.58. The van der Waals surface area contributed by atoms with E-state index in [1.165, 1.54) is 50.1 Å². The van der Waals surface area contributed by atoms with Crippen LogP contribution in [0.2, 0.25) is 5.02 Å². The van der Waals surface area contributed by atoms with Gasteiger partial charge in [-0.2, -0.15) is 0 Å². The maximum atomic E-state index is 12.5. The van der Waals surface area contributed by atoms with E-state index in [2.05, 4.69) is 27.0 Å². The fourth-order valence-corrected chi connectivity index (χ4v) is 5.49. The van der Waals surface area contributed by atoms with Gasteiger partial charge in [-0.05, 0) is 49.8 Å². The molecule has 1 atom stereocenters. The molecule has 0 unspecified atom stereocenters. The number of hydrogen-bond acceptors (Lipinski definition) is 5. The van der Waals surface area contributed by atoms with E-state index in [4.69, 9.17) is 11.6 Å². The summed E-state index contributed by atoms with van der Waals surface area (Å²) < 4.78 is 0. The number of piperidine rings is 2. The van der Waals surface area contributed by atoms with Crippen LogP contribution in [-0.2, 0) is 6.54 Å². The van der Waals surface area contributed by atoms with Crippen molar-refractivity contribution in [2.75, 3.05) is 31.1 Å². The highest BCUT2D eigenvalue weighted by molar-refractivity contribution is 7.17. The third-order valence-electron chi connectivity index (χ3n) is 6.05. The summed E-state index contributed by atoms with van der Waals surface area (Å²) >= 11 is 7.64. The third-order valence-corrected chi connectivity index (χ3v) is 7.48. The average molecular weight is 433 g/mol. The number of thiazole rings is 1. The number of hydrogen-bond donors (Lipinski definition) is 1. The standard InChI is InChI=1S/C22H29ClN4OS/c1-16-5-4-10-27(15-16)18-8-11-26(12-9-18)22-25-14-20(29-22)21(28)24-13-17-6-2-3-7-19(17)23/h2-3,6-7,14,16,18H,4-5,8-13,15H2,1H3,(H,24,28)/t16-/m1/s1. The van der Waals surface area contributed by atoms with Gasteiger partial charge in [-0.25, -0.2) is 4.98 Å². The molecule has 2 aliphatic rings. The van der Waals surface area contributed by atoms with Gasteiger partial charge in [-0.1, -0.05) is 48.1 Å². The molecule has 0 aliphatic carbocycles. The molecule has 0 bridgehead atoms. The molecule has 2 fully saturated rings. The first-order chi connectivity index (χ1) is 14.1. The minimum absolute atomic E-state index is 0.0918. The predicted molar refractivity (Wildman–Crippen MR) is 120 cm³/mol. The molecule has 1 aromatic heterocycles. The van der Waals surface area contributed by atoms with Gasteiger partial charge in [0, 0.05) is 37.2 Å². The maximum Gasteiger partial charge on any atom is 0.263 e. The maximum absolute atomic E-state index is 12.5. The van der Waals surface area contributed by atoms with Gasteiger partial charge in [0.05, 0.1) is 6.20 Å². The zero-order valence-corrected chi connectivity index (χ0v) is 18.5. The molecule has 5 nitrogen and oxygen atoms in total. The van der Waals surface area contributed by atoms with Crippen LogP contribution in [-0.4, -0.2) is 48.0 Å². The van der Waals surface area contributed by atoms with E-state index in [1.54, 1.807) is 6.20 Å². The van der Waals surface area contributed by atoms with Crippen LogP contribution >= 0.6 is 22.9 Å². The van der Waals surface area contributed by atoms with Crippen LogP contribution in [0.4, 0.5) is 5.13 Å². The van der Waals surface area contributed by atoms with Gasteiger partial charge in [0.1, 0.15) is 4.88 Å². The van der Waals surface area contributed by atoms with Gasteiger partial charge in [-0.15, -0.1) is 0 Å². The Kier molecular flexibility index (Phi) is 6.73. The quantitative estimate of drug-likeness (QED) is 0.759. The lowest BCUT2D eigenvalue weighted by molar-refractivity contribution is 0.0955. The van der Waals surface area contributed by atoms with Crippen molar-refractivity contribution in [3.63, 3.8) is 0 Å². The number of rotatable bonds is 5. The molecule has 1 amide bonds. The Morgan fingerprint density at radius 1 is 1.24 bits per heavy atom. The summed E-state index contributed by atoms with van der Waals surface area (Å²) in [4.78, 5) is 22.7. The molecule has 4 rings (SSSR count). The van der Waals surface area contributed by atoms with Crippen LogP contribution in [0.5, 0.6) is 0 Å². The minimum atomic E-state index is -0.0918. The second-order valence-corrected chi connectivity index (χ2v) is 9.66. The molecular formula is C22H29ClN4OS. The van der Waals surface area contributed by atoms with Crippen LogP contribution in [0.25, 0.3) is 0 Å². The highest BCUT2D eigenvalue weighted by Gasteiger charge is 2.28. The van der Waals surface area contributed by atoms with Crippen molar-refractivity contribution in [1.82, 2.24) is 15.2 Å². The van der Waals surface area contributed by atoms with Crippen molar-refractivity contribution in [3.8, 4) is 0 Å². The molecule has 2 aliphatic heterocycles. The summed E-state index contributed by atoms with van der Waals surface area (Å²) in [6.45, 7) is 7.33. The highest BCUT2D eigenvalue weighted by atomic mass is 35.5. The Hall–Kier alpha value is -1.63. The molecular weight excluding hydrogens is 404 g/mol. The highest BCUT2D eigenvalue weighted by Crippen LogP contribution is 2.29. The second-order valence-electron chi connectivity index (χ2n) is 8.24. The van der Waals surface area contributed by atoms with E-state index < -0.39 is 0 Å². The Balaban J connectivity index is 1.29. The van der Waals surface area contributed by atoms with Gasteiger partial charge in [0.15, 0.2) is 5.13 Å². The zero-order chi connectivity index (χ0) is 20.2. The van der Waals surface area contributed by atoms with Crippen LogP contribution in [0.3, 0.4) is 0 Å². The largest absolute Gasteiger partial charge is 0.348 e. The van der Waals surface area contributed by atoms with E-state index in [9.17, 15) is 4.79 Å². The molecule has 1 aromatic carbocycles. The molecule has 156 valence electrons. The van der Waals surface area contributed by atoms with Crippen molar-refractivity contribution in [2.45, 2.75) is 45.2 Å². The Morgan fingerprint density at radius 2 is 2.03 bits per heavy atom. The smallest absolute Gasteiger partial charge is 0.263 e. The molecule has 7 heteroatoms. The lowest BCUT2D eigenvalue weighted by Crippen LogP contribution is -2.48. The van der Waals surface area contributed by atoms with E-state index in [0.717, 1.165) is 29.7 Å². The van der Waals surface area contributed by atoms with E-state index in [0.29, 0.717) is 22.5 Å². The molecule has 1 N–H and O–H groups in total. The molecule has 3 heterocycles. The zero-order valence-electron chi connectivity index (χ0n) is 16.9.